The lowest BCUT2D eigenvalue weighted by atomic mass is 9.97. The van der Waals surface area contributed by atoms with Crippen LogP contribution in [0.2, 0.25) is 0 Å². The van der Waals surface area contributed by atoms with Crippen LogP contribution >= 0.6 is 15.9 Å². The summed E-state index contributed by atoms with van der Waals surface area (Å²) in [6.07, 6.45) is -0.634. The summed E-state index contributed by atoms with van der Waals surface area (Å²) in [4.78, 5) is 41.4. The number of carboxylic acid groups (broad SMARTS) is 1. The van der Waals surface area contributed by atoms with Crippen molar-refractivity contribution in [3.8, 4) is 0 Å². The molecule has 1 saturated heterocycles. The fourth-order valence-electron chi connectivity index (χ4n) is 3.47. The van der Waals surface area contributed by atoms with Crippen LogP contribution < -0.4 is 5.32 Å². The van der Waals surface area contributed by atoms with E-state index in [4.69, 9.17) is 4.74 Å². The van der Waals surface area contributed by atoms with E-state index in [1.54, 1.807) is 26.8 Å². The second kappa shape index (κ2) is 7.37. The predicted octanol–water partition coefficient (Wildman–Crippen LogP) is 3.51. The quantitative estimate of drug-likeness (QED) is 0.641. The lowest BCUT2D eigenvalue weighted by molar-refractivity contribution is -0.148. The van der Waals surface area contributed by atoms with Crippen LogP contribution in [0, 0.1) is 0 Å². The Balaban J connectivity index is 1.78. The van der Waals surface area contributed by atoms with Crippen LogP contribution in [0.25, 0.3) is 10.9 Å². The van der Waals surface area contributed by atoms with Gasteiger partial charge in [0.05, 0.1) is 0 Å². The number of carboxylic acids is 1. The Bertz CT molecular complexity index is 980. The molecule has 0 aliphatic carbocycles. The van der Waals surface area contributed by atoms with Crippen LogP contribution in [-0.2, 0) is 9.53 Å². The average Bonchev–Trinajstić information content (AvgIpc) is 3.16. The lowest BCUT2D eigenvalue weighted by Gasteiger charge is -2.32. The van der Waals surface area contributed by atoms with Gasteiger partial charge in [0.15, 0.2) is 0 Å². The molecule has 2 heterocycles. The lowest BCUT2D eigenvalue weighted by Crippen LogP contribution is -2.52. The normalized spacial score (nSPS) is 22.0. The molecular formula is C20H24BrN3O5. The predicted molar refractivity (Wildman–Crippen MR) is 111 cm³/mol. The number of aromatic nitrogens is 1. The molecule has 1 fully saturated rings. The number of carbonyl (C=O) groups is 3. The molecule has 3 rings (SSSR count). The Hall–Kier alpha value is -2.55. The Morgan fingerprint density at radius 3 is 2.62 bits per heavy atom. The van der Waals surface area contributed by atoms with Gasteiger partial charge in [0.1, 0.15) is 16.8 Å². The van der Waals surface area contributed by atoms with Gasteiger partial charge in [-0.25, -0.2) is 9.59 Å². The zero-order chi connectivity index (χ0) is 21.6. The van der Waals surface area contributed by atoms with E-state index in [1.807, 2.05) is 18.2 Å². The van der Waals surface area contributed by atoms with Crippen molar-refractivity contribution in [1.29, 1.82) is 0 Å². The van der Waals surface area contributed by atoms with E-state index < -0.39 is 29.2 Å². The maximum Gasteiger partial charge on any atom is 0.411 e. The minimum absolute atomic E-state index is 0.0490. The number of nitrogens with one attached hydrogen (secondary N) is 2. The molecule has 0 saturated carbocycles. The highest BCUT2D eigenvalue weighted by molar-refractivity contribution is 9.10. The molecule has 1 aromatic carbocycles. The van der Waals surface area contributed by atoms with Crippen LogP contribution in [0.15, 0.2) is 28.7 Å². The number of likely N-dealkylation sites (tertiary alicyclic amines) is 1. The Kier molecular flexibility index (Phi) is 5.38. The van der Waals surface area contributed by atoms with Gasteiger partial charge in [0, 0.05) is 34.4 Å². The largest absolute Gasteiger partial charge is 0.480 e. The first-order chi connectivity index (χ1) is 13.4. The molecular weight excluding hydrogens is 442 g/mol. The number of H-pyrrole nitrogens is 1. The van der Waals surface area contributed by atoms with Crippen LogP contribution in [0.4, 0.5) is 4.79 Å². The summed E-state index contributed by atoms with van der Waals surface area (Å²) < 4.78 is 6.22. The minimum atomic E-state index is -1.47. The van der Waals surface area contributed by atoms with Crippen molar-refractivity contribution in [2.75, 3.05) is 6.54 Å². The van der Waals surface area contributed by atoms with Crippen LogP contribution in [-0.4, -0.2) is 56.7 Å². The summed E-state index contributed by atoms with van der Waals surface area (Å²) in [5.74, 6) is -1.51. The first kappa shape index (κ1) is 21.2. The van der Waals surface area contributed by atoms with Gasteiger partial charge < -0.3 is 20.1 Å². The van der Waals surface area contributed by atoms with E-state index in [0.717, 1.165) is 15.4 Å². The van der Waals surface area contributed by atoms with Crippen molar-refractivity contribution in [3.05, 3.63) is 34.4 Å². The van der Waals surface area contributed by atoms with Crippen molar-refractivity contribution in [2.24, 2.45) is 0 Å². The summed E-state index contributed by atoms with van der Waals surface area (Å²) in [6, 6.07) is 6.81. The average molecular weight is 466 g/mol. The van der Waals surface area contributed by atoms with Crippen molar-refractivity contribution in [1.82, 2.24) is 15.2 Å². The number of carbonyl (C=O) groups excluding carboxylic acids is 2. The van der Waals surface area contributed by atoms with E-state index >= 15 is 0 Å². The number of rotatable bonds is 3. The molecule has 2 aromatic rings. The molecule has 0 spiro atoms. The van der Waals surface area contributed by atoms with Crippen molar-refractivity contribution < 1.29 is 24.2 Å². The zero-order valence-corrected chi connectivity index (χ0v) is 18.3. The Labute approximate surface area is 176 Å². The number of hydrogen-bond donors (Lipinski definition) is 3. The fourth-order valence-corrected chi connectivity index (χ4v) is 3.95. The number of aromatic amines is 1. The minimum Gasteiger partial charge on any atom is -0.480 e. The number of aliphatic carboxylic acids is 1. The molecule has 2 atom stereocenters. The number of benzene rings is 1. The number of halogens is 1. The van der Waals surface area contributed by atoms with Gasteiger partial charge in [-0.3, -0.25) is 9.69 Å². The SMILES string of the molecule is CC(C)(C)OC(=O)N1C[C@H](NC(=O)c2cc3c(Br)cccc3[nH]2)C[C@@]1(C)C(=O)O. The number of nitrogens with zero attached hydrogens (tertiary/aromatic N) is 1. The van der Waals surface area contributed by atoms with E-state index in [0.29, 0.717) is 5.69 Å². The molecule has 0 unspecified atom stereocenters. The second-order valence-electron chi connectivity index (χ2n) is 8.43. The molecule has 8 nitrogen and oxygen atoms in total. The fraction of sp³-hybridized carbons (Fsp3) is 0.450. The van der Waals surface area contributed by atoms with Gasteiger partial charge in [0.2, 0.25) is 0 Å². The molecule has 1 aromatic heterocycles. The number of amides is 2. The van der Waals surface area contributed by atoms with Gasteiger partial charge in [-0.05, 0) is 45.9 Å². The molecule has 1 aliphatic heterocycles. The number of hydrogen-bond acceptors (Lipinski definition) is 4. The van der Waals surface area contributed by atoms with Gasteiger partial charge in [-0.1, -0.05) is 22.0 Å². The van der Waals surface area contributed by atoms with Crippen LogP contribution in [0.1, 0.15) is 44.6 Å². The molecule has 2 amide bonds. The van der Waals surface area contributed by atoms with Crippen molar-refractivity contribution in [2.45, 2.75) is 51.3 Å². The molecule has 0 radical (unpaired) electrons. The summed E-state index contributed by atoms with van der Waals surface area (Å²) in [6.45, 7) is 6.66. The number of fused-ring (bicyclic) bond motifs is 1. The molecule has 29 heavy (non-hydrogen) atoms. The van der Waals surface area contributed by atoms with Crippen LogP contribution in [0.5, 0.6) is 0 Å². The summed E-state index contributed by atoms with van der Waals surface area (Å²) in [7, 11) is 0. The van der Waals surface area contributed by atoms with Crippen molar-refractivity contribution >= 4 is 44.8 Å². The van der Waals surface area contributed by atoms with Crippen LogP contribution in [0.3, 0.4) is 0 Å². The highest BCUT2D eigenvalue weighted by Gasteiger charge is 2.51. The third-order valence-electron chi connectivity index (χ3n) is 4.91. The van der Waals surface area contributed by atoms with E-state index in [1.165, 1.54) is 11.8 Å². The number of ether oxygens (including phenoxy) is 1. The first-order valence-corrected chi connectivity index (χ1v) is 10.0. The smallest absolute Gasteiger partial charge is 0.411 e. The summed E-state index contributed by atoms with van der Waals surface area (Å²) >= 11 is 3.45. The van der Waals surface area contributed by atoms with E-state index in [2.05, 4.69) is 26.2 Å². The molecule has 3 N–H and O–H groups in total. The first-order valence-electron chi connectivity index (χ1n) is 9.23. The summed E-state index contributed by atoms with van der Waals surface area (Å²) in [5.41, 5.74) is -1.05. The van der Waals surface area contributed by atoms with E-state index in [9.17, 15) is 19.5 Å². The highest BCUT2D eigenvalue weighted by Crippen LogP contribution is 2.32. The van der Waals surface area contributed by atoms with Crippen molar-refractivity contribution in [3.63, 3.8) is 0 Å². The molecule has 156 valence electrons. The summed E-state index contributed by atoms with van der Waals surface area (Å²) in [5, 5.41) is 13.4. The highest BCUT2D eigenvalue weighted by atomic mass is 79.9. The third kappa shape index (κ3) is 4.24. The van der Waals surface area contributed by atoms with E-state index in [-0.39, 0.29) is 18.9 Å². The topological polar surface area (TPSA) is 112 Å². The Morgan fingerprint density at radius 1 is 1.34 bits per heavy atom. The molecule has 1 aliphatic rings. The maximum atomic E-state index is 12.7. The second-order valence-corrected chi connectivity index (χ2v) is 9.28. The third-order valence-corrected chi connectivity index (χ3v) is 5.60. The van der Waals surface area contributed by atoms with Gasteiger partial charge >= 0.3 is 12.1 Å². The van der Waals surface area contributed by atoms with Gasteiger partial charge in [-0.15, -0.1) is 0 Å². The standard InChI is InChI=1S/C20H24BrN3O5/c1-19(2,3)29-18(28)24-10-11(9-20(24,4)17(26)27)22-16(25)15-8-12-13(21)6-5-7-14(12)23-15/h5-8,11,23H,9-10H2,1-4H3,(H,22,25)(H,26,27)/t11-,20+/m1/s1. The Morgan fingerprint density at radius 2 is 2.03 bits per heavy atom. The maximum absolute atomic E-state index is 12.7. The molecule has 0 bridgehead atoms. The van der Waals surface area contributed by atoms with Gasteiger partial charge in [-0.2, -0.15) is 0 Å². The van der Waals surface area contributed by atoms with Gasteiger partial charge in [0.25, 0.3) is 5.91 Å². The molecule has 9 heteroatoms. The zero-order valence-electron chi connectivity index (χ0n) is 16.7. The monoisotopic (exact) mass is 465 g/mol.